The minimum atomic E-state index is -0.544. The maximum Gasteiger partial charge on any atom is 0.357 e. The Morgan fingerprint density at radius 3 is 2.31 bits per heavy atom. The van der Waals surface area contributed by atoms with Crippen molar-refractivity contribution >= 4 is 11.8 Å². The molecule has 0 N–H and O–H groups in total. The molecule has 1 heterocycles. The molecule has 1 rings (SSSR count). The van der Waals surface area contributed by atoms with E-state index in [1.165, 1.54) is 20.4 Å². The zero-order valence-electron chi connectivity index (χ0n) is 10.2. The van der Waals surface area contributed by atoms with Crippen LogP contribution in [0, 0.1) is 0 Å². The SMILES string of the molecule is COC(=O)c1c(C(C)=O)ncn1C(C)(C)C. The van der Waals surface area contributed by atoms with Gasteiger partial charge in [-0.05, 0) is 20.8 Å². The average Bonchev–Trinajstić information content (AvgIpc) is 2.59. The van der Waals surface area contributed by atoms with Crippen LogP contribution in [0.25, 0.3) is 0 Å². The molecule has 0 bridgehead atoms. The van der Waals surface area contributed by atoms with E-state index in [0.717, 1.165) is 0 Å². The number of carbonyl (C=O) groups excluding carboxylic acids is 2. The molecular formula is C11H16N2O3. The molecule has 5 nitrogen and oxygen atoms in total. The molecule has 0 atom stereocenters. The molecule has 5 heteroatoms. The smallest absolute Gasteiger partial charge is 0.357 e. The first-order valence-electron chi connectivity index (χ1n) is 4.96. The van der Waals surface area contributed by atoms with Crippen molar-refractivity contribution in [2.24, 2.45) is 0 Å². The van der Waals surface area contributed by atoms with Crippen molar-refractivity contribution < 1.29 is 14.3 Å². The topological polar surface area (TPSA) is 61.2 Å². The highest BCUT2D eigenvalue weighted by molar-refractivity contribution is 6.03. The highest BCUT2D eigenvalue weighted by Gasteiger charge is 2.27. The van der Waals surface area contributed by atoms with Crippen LogP contribution in [0.3, 0.4) is 0 Å². The third-order valence-electron chi connectivity index (χ3n) is 2.20. The molecular weight excluding hydrogens is 208 g/mol. The molecule has 1 aromatic rings. The summed E-state index contributed by atoms with van der Waals surface area (Å²) in [4.78, 5) is 26.9. The van der Waals surface area contributed by atoms with E-state index in [0.29, 0.717) is 0 Å². The Hall–Kier alpha value is -1.65. The predicted molar refractivity (Wildman–Crippen MR) is 58.6 cm³/mol. The van der Waals surface area contributed by atoms with Crippen LogP contribution in [0.4, 0.5) is 0 Å². The molecule has 0 unspecified atom stereocenters. The molecule has 0 radical (unpaired) electrons. The number of carbonyl (C=O) groups is 2. The number of Topliss-reactive ketones (excluding diaryl/α,β-unsaturated/α-hetero) is 1. The number of methoxy groups -OCH3 is 1. The number of rotatable bonds is 2. The summed E-state index contributed by atoms with van der Waals surface area (Å²) in [5.41, 5.74) is 0.0359. The van der Waals surface area contributed by atoms with Gasteiger partial charge >= 0.3 is 5.97 Å². The molecule has 0 aliphatic carbocycles. The van der Waals surface area contributed by atoms with E-state index in [9.17, 15) is 9.59 Å². The Morgan fingerprint density at radius 1 is 1.38 bits per heavy atom. The van der Waals surface area contributed by atoms with E-state index < -0.39 is 5.97 Å². The van der Waals surface area contributed by atoms with Crippen molar-refractivity contribution in [3.05, 3.63) is 17.7 Å². The standard InChI is InChI=1S/C11H16N2O3/c1-7(14)8-9(10(15)16-5)13(6-12-8)11(2,3)4/h6H,1-5H3. The lowest BCUT2D eigenvalue weighted by molar-refractivity contribution is 0.0578. The van der Waals surface area contributed by atoms with E-state index in [1.807, 2.05) is 20.8 Å². The molecule has 0 spiro atoms. The zero-order valence-corrected chi connectivity index (χ0v) is 10.2. The van der Waals surface area contributed by atoms with Gasteiger partial charge in [0.2, 0.25) is 0 Å². The lowest BCUT2D eigenvalue weighted by Crippen LogP contribution is -2.26. The minimum Gasteiger partial charge on any atom is -0.464 e. The Kier molecular flexibility index (Phi) is 3.16. The second kappa shape index (κ2) is 4.08. The summed E-state index contributed by atoms with van der Waals surface area (Å²) < 4.78 is 6.32. The molecule has 0 aliphatic rings. The summed E-state index contributed by atoms with van der Waals surface area (Å²) >= 11 is 0. The second-order valence-corrected chi connectivity index (χ2v) is 4.53. The average molecular weight is 224 g/mol. The number of imidazole rings is 1. The number of ketones is 1. The first-order valence-corrected chi connectivity index (χ1v) is 4.96. The maximum absolute atomic E-state index is 11.6. The molecule has 0 saturated heterocycles. The molecule has 0 amide bonds. The third kappa shape index (κ3) is 2.13. The van der Waals surface area contributed by atoms with E-state index in [-0.39, 0.29) is 22.7 Å². The van der Waals surface area contributed by atoms with Crippen molar-refractivity contribution in [2.45, 2.75) is 33.2 Å². The van der Waals surface area contributed by atoms with Crippen molar-refractivity contribution in [2.75, 3.05) is 7.11 Å². The first-order chi connectivity index (χ1) is 7.29. The highest BCUT2D eigenvalue weighted by Crippen LogP contribution is 2.20. The van der Waals surface area contributed by atoms with Gasteiger partial charge in [0.05, 0.1) is 13.4 Å². The number of hydrogen-bond acceptors (Lipinski definition) is 4. The van der Waals surface area contributed by atoms with Gasteiger partial charge < -0.3 is 9.30 Å². The quantitative estimate of drug-likeness (QED) is 0.565. The summed E-state index contributed by atoms with van der Waals surface area (Å²) in [7, 11) is 1.28. The normalized spacial score (nSPS) is 11.3. The van der Waals surface area contributed by atoms with Crippen LogP contribution in [0.15, 0.2) is 6.33 Å². The fraction of sp³-hybridized carbons (Fsp3) is 0.545. The van der Waals surface area contributed by atoms with Crippen LogP contribution in [-0.2, 0) is 10.3 Å². The lowest BCUT2D eigenvalue weighted by atomic mass is 10.1. The van der Waals surface area contributed by atoms with Crippen LogP contribution in [-0.4, -0.2) is 28.4 Å². The van der Waals surface area contributed by atoms with Gasteiger partial charge in [0.15, 0.2) is 11.5 Å². The number of esters is 1. The predicted octanol–water partition coefficient (Wildman–Crippen LogP) is 1.63. The summed E-state index contributed by atoms with van der Waals surface area (Å²) in [6.07, 6.45) is 1.49. The summed E-state index contributed by atoms with van der Waals surface area (Å²) in [5, 5.41) is 0. The third-order valence-corrected chi connectivity index (χ3v) is 2.20. The minimum absolute atomic E-state index is 0.154. The van der Waals surface area contributed by atoms with Gasteiger partial charge in [-0.15, -0.1) is 0 Å². The van der Waals surface area contributed by atoms with Gasteiger partial charge in [-0.3, -0.25) is 4.79 Å². The first kappa shape index (κ1) is 12.4. The Labute approximate surface area is 94.4 Å². The number of nitrogens with zero attached hydrogens (tertiary/aromatic N) is 2. The number of ether oxygens (including phenoxy) is 1. The Morgan fingerprint density at radius 2 is 1.94 bits per heavy atom. The van der Waals surface area contributed by atoms with Gasteiger partial charge in [-0.2, -0.15) is 0 Å². The van der Waals surface area contributed by atoms with Crippen molar-refractivity contribution in [1.82, 2.24) is 9.55 Å². The van der Waals surface area contributed by atoms with Crippen LogP contribution >= 0.6 is 0 Å². The van der Waals surface area contributed by atoms with Gasteiger partial charge in [0.25, 0.3) is 0 Å². The highest BCUT2D eigenvalue weighted by atomic mass is 16.5. The Balaban J connectivity index is 3.43. The zero-order chi connectivity index (χ0) is 12.5. The molecule has 1 aromatic heterocycles. The van der Waals surface area contributed by atoms with Gasteiger partial charge in [0, 0.05) is 12.5 Å². The van der Waals surface area contributed by atoms with Crippen molar-refractivity contribution in [3.8, 4) is 0 Å². The number of hydrogen-bond donors (Lipinski definition) is 0. The Bertz CT molecular complexity index is 427. The lowest BCUT2D eigenvalue weighted by Gasteiger charge is -2.22. The van der Waals surface area contributed by atoms with Crippen LogP contribution < -0.4 is 0 Å². The summed E-state index contributed by atoms with van der Waals surface area (Å²) in [5.74, 6) is -0.791. The van der Waals surface area contributed by atoms with Crippen LogP contribution in [0.1, 0.15) is 48.7 Å². The summed E-state index contributed by atoms with van der Waals surface area (Å²) in [6.45, 7) is 7.14. The van der Waals surface area contributed by atoms with Crippen LogP contribution in [0.5, 0.6) is 0 Å². The van der Waals surface area contributed by atoms with Crippen LogP contribution in [0.2, 0.25) is 0 Å². The molecule has 0 fully saturated rings. The van der Waals surface area contributed by atoms with E-state index in [1.54, 1.807) is 4.57 Å². The maximum atomic E-state index is 11.6. The monoisotopic (exact) mass is 224 g/mol. The molecule has 0 aromatic carbocycles. The van der Waals surface area contributed by atoms with Gasteiger partial charge in [-0.1, -0.05) is 0 Å². The molecule has 0 saturated carbocycles. The van der Waals surface area contributed by atoms with E-state index in [2.05, 4.69) is 9.72 Å². The largest absolute Gasteiger partial charge is 0.464 e. The molecule has 0 aliphatic heterocycles. The second-order valence-electron chi connectivity index (χ2n) is 4.53. The molecule has 16 heavy (non-hydrogen) atoms. The number of aromatic nitrogens is 2. The van der Waals surface area contributed by atoms with Crippen molar-refractivity contribution in [1.29, 1.82) is 0 Å². The van der Waals surface area contributed by atoms with Gasteiger partial charge in [0.1, 0.15) is 5.69 Å². The fourth-order valence-corrected chi connectivity index (χ4v) is 1.41. The van der Waals surface area contributed by atoms with E-state index in [4.69, 9.17) is 0 Å². The van der Waals surface area contributed by atoms with Crippen molar-refractivity contribution in [3.63, 3.8) is 0 Å². The summed E-state index contributed by atoms with van der Waals surface area (Å²) in [6, 6.07) is 0. The fourth-order valence-electron chi connectivity index (χ4n) is 1.41. The molecule has 88 valence electrons. The van der Waals surface area contributed by atoms with Gasteiger partial charge in [-0.25, -0.2) is 9.78 Å². The van der Waals surface area contributed by atoms with E-state index >= 15 is 0 Å².